The minimum Gasteiger partial charge on any atom is -0.354 e. The number of nitrogens with one attached hydrogen (secondary N) is 1. The number of amides is 1. The summed E-state index contributed by atoms with van der Waals surface area (Å²) in [5, 5.41) is 6.64. The molecule has 0 bridgehead atoms. The molecule has 2 aliphatic carbocycles. The molecule has 1 aromatic rings. The highest BCUT2D eigenvalue weighted by Gasteiger charge is 2.39. The normalized spacial score (nSPS) is 20.7. The molecule has 0 aliphatic heterocycles. The number of alkyl halides is 3. The number of allylic oxidation sites excluding steroid dienone is 2. The van der Waals surface area contributed by atoms with E-state index in [-0.39, 0.29) is 18.4 Å². The molecule has 0 aromatic carbocycles. The van der Waals surface area contributed by atoms with Gasteiger partial charge < -0.3 is 5.32 Å². The number of aromatic nitrogens is 2. The minimum absolute atomic E-state index is 0.0172. The van der Waals surface area contributed by atoms with Gasteiger partial charge in [0.15, 0.2) is 5.69 Å². The molecule has 1 heterocycles. The maximum Gasteiger partial charge on any atom is 0.435 e. The molecule has 0 fully saturated rings. The van der Waals surface area contributed by atoms with Gasteiger partial charge in [-0.25, -0.2) is 0 Å². The number of halogens is 3. The van der Waals surface area contributed by atoms with Crippen LogP contribution in [0.3, 0.4) is 0 Å². The van der Waals surface area contributed by atoms with Gasteiger partial charge in [-0.15, -0.1) is 0 Å². The number of hydrogen-bond donors (Lipinski definition) is 1. The third-order valence-corrected chi connectivity index (χ3v) is 4.79. The molecule has 4 nitrogen and oxygen atoms in total. The van der Waals surface area contributed by atoms with E-state index in [1.54, 1.807) is 0 Å². The average Bonchev–Trinajstić information content (AvgIpc) is 2.95. The van der Waals surface area contributed by atoms with Crippen molar-refractivity contribution in [2.45, 2.75) is 57.7 Å². The third-order valence-electron chi connectivity index (χ3n) is 4.79. The van der Waals surface area contributed by atoms with E-state index in [4.69, 9.17) is 0 Å². The second kappa shape index (κ2) is 6.99. The van der Waals surface area contributed by atoms with Gasteiger partial charge in [-0.1, -0.05) is 12.2 Å². The molecular weight excluding hydrogens is 319 g/mol. The monoisotopic (exact) mass is 341 g/mol. The van der Waals surface area contributed by atoms with Crippen LogP contribution in [-0.2, 0) is 30.4 Å². The maximum atomic E-state index is 13.1. The number of nitrogens with zero attached hydrogens (tertiary/aromatic N) is 2. The second-order valence-electron chi connectivity index (χ2n) is 6.47. The van der Waals surface area contributed by atoms with Gasteiger partial charge in [-0.05, 0) is 44.9 Å². The quantitative estimate of drug-likeness (QED) is 0.855. The van der Waals surface area contributed by atoms with E-state index in [0.29, 0.717) is 30.6 Å². The summed E-state index contributed by atoms with van der Waals surface area (Å²) in [5.41, 5.74) is 0.280. The molecule has 1 N–H and O–H groups in total. The summed E-state index contributed by atoms with van der Waals surface area (Å²) in [7, 11) is 0. The van der Waals surface area contributed by atoms with Crippen molar-refractivity contribution in [3.8, 4) is 0 Å². The molecule has 1 amide bonds. The SMILES string of the molecule is O=C(NCCn1nc(C(F)(F)F)c2c1CCCC2)[C@H]1CC=CCC1. The van der Waals surface area contributed by atoms with Crippen molar-refractivity contribution in [1.82, 2.24) is 15.1 Å². The van der Waals surface area contributed by atoms with Gasteiger partial charge in [-0.3, -0.25) is 9.48 Å². The van der Waals surface area contributed by atoms with Crippen LogP contribution in [0.15, 0.2) is 12.2 Å². The Bertz CT molecular complexity index is 634. The van der Waals surface area contributed by atoms with Crippen molar-refractivity contribution in [3.63, 3.8) is 0 Å². The maximum absolute atomic E-state index is 13.1. The summed E-state index contributed by atoms with van der Waals surface area (Å²) >= 11 is 0. The van der Waals surface area contributed by atoms with Crippen molar-refractivity contribution in [1.29, 1.82) is 0 Å². The van der Waals surface area contributed by atoms with Crippen LogP contribution in [0.5, 0.6) is 0 Å². The van der Waals surface area contributed by atoms with Crippen LogP contribution >= 0.6 is 0 Å². The van der Waals surface area contributed by atoms with E-state index in [9.17, 15) is 18.0 Å². The lowest BCUT2D eigenvalue weighted by Crippen LogP contribution is -2.34. The van der Waals surface area contributed by atoms with Gasteiger partial charge >= 0.3 is 6.18 Å². The number of fused-ring (bicyclic) bond motifs is 1. The Labute approximate surface area is 139 Å². The highest BCUT2D eigenvalue weighted by atomic mass is 19.4. The summed E-state index contributed by atoms with van der Waals surface area (Å²) in [6.07, 6.45) is 4.85. The van der Waals surface area contributed by atoms with Crippen LogP contribution < -0.4 is 5.32 Å². The first-order valence-corrected chi connectivity index (χ1v) is 8.55. The first-order valence-electron chi connectivity index (χ1n) is 8.55. The molecule has 132 valence electrons. The van der Waals surface area contributed by atoms with Crippen molar-refractivity contribution in [3.05, 3.63) is 29.1 Å². The van der Waals surface area contributed by atoms with Crippen molar-refractivity contribution in [2.24, 2.45) is 5.92 Å². The van der Waals surface area contributed by atoms with Gasteiger partial charge in [0.1, 0.15) is 0 Å². The van der Waals surface area contributed by atoms with Crippen LogP contribution in [0.2, 0.25) is 0 Å². The van der Waals surface area contributed by atoms with Crippen LogP contribution in [0, 0.1) is 5.92 Å². The Balaban J connectivity index is 1.64. The second-order valence-corrected chi connectivity index (χ2v) is 6.47. The summed E-state index contributed by atoms with van der Waals surface area (Å²) in [6.45, 7) is 0.594. The largest absolute Gasteiger partial charge is 0.435 e. The lowest BCUT2D eigenvalue weighted by Gasteiger charge is -2.18. The standard InChI is InChI=1S/C17H22F3N3O/c18-17(19,20)15-13-8-4-5-9-14(13)23(22-15)11-10-21-16(24)12-6-2-1-3-7-12/h1-2,12H,3-11H2,(H,21,24)/t12-/m0/s1. The summed E-state index contributed by atoms with van der Waals surface area (Å²) in [4.78, 5) is 12.1. The number of hydrogen-bond acceptors (Lipinski definition) is 2. The fraction of sp³-hybridized carbons (Fsp3) is 0.647. The van der Waals surface area contributed by atoms with Crippen molar-refractivity contribution in [2.75, 3.05) is 6.54 Å². The zero-order chi connectivity index (χ0) is 17.2. The van der Waals surface area contributed by atoms with Crippen LogP contribution in [0.25, 0.3) is 0 Å². The third kappa shape index (κ3) is 3.65. The van der Waals surface area contributed by atoms with Gasteiger partial charge in [0, 0.05) is 23.7 Å². The summed E-state index contributed by atoms with van der Waals surface area (Å²) < 4.78 is 40.8. The zero-order valence-electron chi connectivity index (χ0n) is 13.5. The predicted molar refractivity (Wildman–Crippen MR) is 83.4 cm³/mol. The Hall–Kier alpha value is -1.79. The number of carbonyl (C=O) groups is 1. The predicted octanol–water partition coefficient (Wildman–Crippen LogP) is 3.25. The summed E-state index contributed by atoms with van der Waals surface area (Å²) in [6, 6.07) is 0. The highest BCUT2D eigenvalue weighted by molar-refractivity contribution is 5.78. The zero-order valence-corrected chi connectivity index (χ0v) is 13.5. The van der Waals surface area contributed by atoms with E-state index < -0.39 is 11.9 Å². The molecule has 0 saturated carbocycles. The molecule has 2 aliphatic rings. The van der Waals surface area contributed by atoms with Crippen LogP contribution in [0.4, 0.5) is 13.2 Å². The number of rotatable bonds is 4. The topological polar surface area (TPSA) is 46.9 Å². The Morgan fingerprint density at radius 1 is 1.29 bits per heavy atom. The van der Waals surface area contributed by atoms with Gasteiger partial charge in [0.25, 0.3) is 0 Å². The van der Waals surface area contributed by atoms with E-state index in [2.05, 4.69) is 16.5 Å². The Morgan fingerprint density at radius 3 is 2.79 bits per heavy atom. The molecule has 7 heteroatoms. The van der Waals surface area contributed by atoms with E-state index in [1.807, 2.05) is 6.08 Å². The van der Waals surface area contributed by atoms with Crippen molar-refractivity contribution < 1.29 is 18.0 Å². The minimum atomic E-state index is -4.41. The molecule has 0 spiro atoms. The first-order chi connectivity index (χ1) is 11.5. The molecule has 0 radical (unpaired) electrons. The molecular formula is C17H22F3N3O. The molecule has 24 heavy (non-hydrogen) atoms. The lowest BCUT2D eigenvalue weighted by molar-refractivity contribution is -0.142. The molecule has 1 aromatic heterocycles. The van der Waals surface area contributed by atoms with E-state index in [0.717, 1.165) is 32.1 Å². The smallest absolute Gasteiger partial charge is 0.354 e. The number of carbonyl (C=O) groups excluding carboxylic acids is 1. The molecule has 3 rings (SSSR count). The fourth-order valence-electron chi connectivity index (χ4n) is 3.54. The van der Waals surface area contributed by atoms with Gasteiger partial charge in [0.2, 0.25) is 5.91 Å². The fourth-order valence-corrected chi connectivity index (χ4v) is 3.54. The Morgan fingerprint density at radius 2 is 2.08 bits per heavy atom. The highest BCUT2D eigenvalue weighted by Crippen LogP contribution is 2.35. The molecule has 0 unspecified atom stereocenters. The van der Waals surface area contributed by atoms with Crippen molar-refractivity contribution >= 4 is 5.91 Å². The van der Waals surface area contributed by atoms with E-state index in [1.165, 1.54) is 4.68 Å². The van der Waals surface area contributed by atoms with Crippen LogP contribution in [-0.4, -0.2) is 22.2 Å². The van der Waals surface area contributed by atoms with Gasteiger partial charge in [0.05, 0.1) is 6.54 Å². The summed E-state index contributed by atoms with van der Waals surface area (Å²) in [5.74, 6) is -0.0382. The first kappa shape index (κ1) is 17.0. The lowest BCUT2D eigenvalue weighted by atomic mass is 9.94. The molecule has 1 atom stereocenters. The van der Waals surface area contributed by atoms with E-state index >= 15 is 0 Å². The van der Waals surface area contributed by atoms with Gasteiger partial charge in [-0.2, -0.15) is 18.3 Å². The van der Waals surface area contributed by atoms with Crippen LogP contribution in [0.1, 0.15) is 49.1 Å². The average molecular weight is 341 g/mol. The Kier molecular flexibility index (Phi) is 4.96. The molecule has 0 saturated heterocycles.